The summed E-state index contributed by atoms with van der Waals surface area (Å²) in [4.78, 5) is 18.0. The second-order valence-electron chi connectivity index (χ2n) is 4.80. The number of carbonyl (C=O) groups excluding carboxylic acids is 1. The maximum absolute atomic E-state index is 12.9. The van der Waals surface area contributed by atoms with Gasteiger partial charge < -0.3 is 4.90 Å². The molecule has 3 nitrogen and oxygen atoms in total. The fraction of sp³-hybridized carbons (Fsp3) is 0.250. The number of halogens is 1. The van der Waals surface area contributed by atoms with Crippen molar-refractivity contribution in [2.24, 2.45) is 0 Å². The SMILES string of the molecule is Cc1nc(/C=C/C(=O)N(C)C(C)c2ccc(F)cc2)cs1. The lowest BCUT2D eigenvalue weighted by atomic mass is 10.1. The van der Waals surface area contributed by atoms with Gasteiger partial charge in [0.2, 0.25) is 5.91 Å². The summed E-state index contributed by atoms with van der Waals surface area (Å²) >= 11 is 1.55. The molecule has 0 fully saturated rings. The van der Waals surface area contributed by atoms with Crippen LogP contribution in [0.25, 0.3) is 6.08 Å². The van der Waals surface area contributed by atoms with E-state index in [0.29, 0.717) is 0 Å². The predicted molar refractivity (Wildman–Crippen MR) is 83.5 cm³/mol. The third-order valence-corrected chi connectivity index (χ3v) is 4.11. The molecule has 0 bridgehead atoms. The summed E-state index contributed by atoms with van der Waals surface area (Å²) in [6, 6.07) is 6.06. The zero-order valence-corrected chi connectivity index (χ0v) is 13.0. The first kappa shape index (κ1) is 15.4. The number of aromatic nitrogens is 1. The number of hydrogen-bond donors (Lipinski definition) is 0. The first-order chi connectivity index (χ1) is 9.97. The van der Waals surface area contributed by atoms with Crippen LogP contribution in [0.5, 0.6) is 0 Å². The highest BCUT2D eigenvalue weighted by atomic mass is 32.1. The Bertz CT molecular complexity index is 649. The fourth-order valence-corrected chi connectivity index (χ4v) is 2.47. The number of amides is 1. The number of hydrogen-bond acceptors (Lipinski definition) is 3. The van der Waals surface area contributed by atoms with Crippen molar-refractivity contribution in [2.75, 3.05) is 7.05 Å². The van der Waals surface area contributed by atoms with E-state index in [4.69, 9.17) is 0 Å². The Morgan fingerprint density at radius 2 is 2.05 bits per heavy atom. The van der Waals surface area contributed by atoms with Crippen LogP contribution in [0.15, 0.2) is 35.7 Å². The van der Waals surface area contributed by atoms with Crippen LogP contribution in [0.3, 0.4) is 0 Å². The molecule has 1 unspecified atom stereocenters. The van der Waals surface area contributed by atoms with Gasteiger partial charge in [0.05, 0.1) is 16.7 Å². The molecule has 1 aromatic heterocycles. The summed E-state index contributed by atoms with van der Waals surface area (Å²) in [6.45, 7) is 3.83. The van der Waals surface area contributed by atoms with E-state index in [1.165, 1.54) is 18.2 Å². The van der Waals surface area contributed by atoms with Gasteiger partial charge in [0.25, 0.3) is 0 Å². The Kier molecular flexibility index (Phi) is 4.85. The number of nitrogens with zero attached hydrogens (tertiary/aromatic N) is 2. The zero-order chi connectivity index (χ0) is 15.4. The third kappa shape index (κ3) is 3.98. The smallest absolute Gasteiger partial charge is 0.246 e. The van der Waals surface area contributed by atoms with Crippen LogP contribution >= 0.6 is 11.3 Å². The van der Waals surface area contributed by atoms with Crippen molar-refractivity contribution in [3.05, 3.63) is 57.8 Å². The monoisotopic (exact) mass is 304 g/mol. The van der Waals surface area contributed by atoms with Gasteiger partial charge in [0.15, 0.2) is 0 Å². The minimum Gasteiger partial charge on any atom is -0.335 e. The maximum atomic E-state index is 12.9. The summed E-state index contributed by atoms with van der Waals surface area (Å²) in [6.07, 6.45) is 3.22. The molecule has 0 aliphatic heterocycles. The number of benzene rings is 1. The Morgan fingerprint density at radius 3 is 2.62 bits per heavy atom. The lowest BCUT2D eigenvalue weighted by molar-refractivity contribution is -0.126. The summed E-state index contributed by atoms with van der Waals surface area (Å²) in [7, 11) is 1.73. The molecule has 2 rings (SSSR count). The summed E-state index contributed by atoms with van der Waals surface area (Å²) in [5.41, 5.74) is 1.68. The molecule has 21 heavy (non-hydrogen) atoms. The van der Waals surface area contributed by atoms with Gasteiger partial charge in [0, 0.05) is 18.5 Å². The standard InChI is InChI=1S/C16H17FN2OS/c1-11(13-4-6-14(17)7-5-13)19(3)16(20)9-8-15-10-21-12(2)18-15/h4-11H,1-3H3/b9-8+. The molecule has 0 saturated carbocycles. The van der Waals surface area contributed by atoms with E-state index in [0.717, 1.165) is 16.3 Å². The lowest BCUT2D eigenvalue weighted by Gasteiger charge is -2.24. The van der Waals surface area contributed by atoms with E-state index >= 15 is 0 Å². The van der Waals surface area contributed by atoms with E-state index in [2.05, 4.69) is 4.98 Å². The van der Waals surface area contributed by atoms with Crippen molar-refractivity contribution in [1.29, 1.82) is 0 Å². The Balaban J connectivity index is 2.04. The lowest BCUT2D eigenvalue weighted by Crippen LogP contribution is -2.27. The van der Waals surface area contributed by atoms with Crippen molar-refractivity contribution in [3.63, 3.8) is 0 Å². The Hall–Kier alpha value is -2.01. The quantitative estimate of drug-likeness (QED) is 0.804. The van der Waals surface area contributed by atoms with Crippen LogP contribution in [0.1, 0.15) is 29.2 Å². The summed E-state index contributed by atoms with van der Waals surface area (Å²) < 4.78 is 12.9. The molecule has 1 amide bonds. The second-order valence-corrected chi connectivity index (χ2v) is 5.86. The third-order valence-electron chi connectivity index (χ3n) is 3.31. The van der Waals surface area contributed by atoms with Crippen LogP contribution in [0.2, 0.25) is 0 Å². The number of thiazole rings is 1. The molecule has 1 heterocycles. The van der Waals surface area contributed by atoms with Crippen molar-refractivity contribution in [3.8, 4) is 0 Å². The molecule has 0 aliphatic carbocycles. The molecule has 1 aromatic carbocycles. The molecule has 110 valence electrons. The molecule has 0 spiro atoms. The van der Waals surface area contributed by atoms with Gasteiger partial charge in [-0.15, -0.1) is 11.3 Å². The largest absolute Gasteiger partial charge is 0.335 e. The Labute approximate surface area is 127 Å². The minimum absolute atomic E-state index is 0.113. The molecule has 0 radical (unpaired) electrons. The van der Waals surface area contributed by atoms with Crippen LogP contribution in [0, 0.1) is 12.7 Å². The minimum atomic E-state index is -0.279. The highest BCUT2D eigenvalue weighted by Gasteiger charge is 2.15. The number of likely N-dealkylation sites (N-methyl/N-ethyl adjacent to an activating group) is 1. The Morgan fingerprint density at radius 1 is 1.38 bits per heavy atom. The maximum Gasteiger partial charge on any atom is 0.246 e. The van der Waals surface area contributed by atoms with Gasteiger partial charge in [-0.2, -0.15) is 0 Å². The van der Waals surface area contributed by atoms with Crippen molar-refractivity contribution >= 4 is 23.3 Å². The fourth-order valence-electron chi connectivity index (χ4n) is 1.89. The molecular weight excluding hydrogens is 287 g/mol. The zero-order valence-electron chi connectivity index (χ0n) is 12.2. The van der Waals surface area contributed by atoms with E-state index in [1.807, 2.05) is 19.2 Å². The second kappa shape index (κ2) is 6.63. The van der Waals surface area contributed by atoms with Crippen molar-refractivity contribution in [2.45, 2.75) is 19.9 Å². The molecule has 0 aliphatic rings. The highest BCUT2D eigenvalue weighted by molar-refractivity contribution is 7.09. The molecule has 0 N–H and O–H groups in total. The number of rotatable bonds is 4. The highest BCUT2D eigenvalue weighted by Crippen LogP contribution is 2.19. The first-order valence-corrected chi connectivity index (χ1v) is 7.48. The van der Waals surface area contributed by atoms with E-state index in [1.54, 1.807) is 41.5 Å². The average Bonchev–Trinajstić information content (AvgIpc) is 2.89. The summed E-state index contributed by atoms with van der Waals surface area (Å²) in [5.74, 6) is -0.392. The number of carbonyl (C=O) groups is 1. The van der Waals surface area contributed by atoms with Gasteiger partial charge in [-0.25, -0.2) is 9.37 Å². The van der Waals surface area contributed by atoms with Crippen LogP contribution < -0.4 is 0 Å². The van der Waals surface area contributed by atoms with Crippen LogP contribution in [-0.4, -0.2) is 22.8 Å². The van der Waals surface area contributed by atoms with Gasteiger partial charge in [-0.05, 0) is 37.6 Å². The molecular formula is C16H17FN2OS. The van der Waals surface area contributed by atoms with Crippen LogP contribution in [-0.2, 0) is 4.79 Å². The summed E-state index contributed by atoms with van der Waals surface area (Å²) in [5, 5.41) is 2.87. The molecule has 1 atom stereocenters. The van der Waals surface area contributed by atoms with Crippen molar-refractivity contribution in [1.82, 2.24) is 9.88 Å². The van der Waals surface area contributed by atoms with Crippen molar-refractivity contribution < 1.29 is 9.18 Å². The van der Waals surface area contributed by atoms with E-state index in [-0.39, 0.29) is 17.8 Å². The van der Waals surface area contributed by atoms with E-state index in [9.17, 15) is 9.18 Å². The normalized spacial score (nSPS) is 12.6. The van der Waals surface area contributed by atoms with Gasteiger partial charge in [-0.1, -0.05) is 12.1 Å². The van der Waals surface area contributed by atoms with Gasteiger partial charge >= 0.3 is 0 Å². The van der Waals surface area contributed by atoms with Crippen LogP contribution in [0.4, 0.5) is 4.39 Å². The number of aryl methyl sites for hydroxylation is 1. The topological polar surface area (TPSA) is 33.2 Å². The predicted octanol–water partition coefficient (Wildman–Crippen LogP) is 3.82. The molecule has 5 heteroatoms. The van der Waals surface area contributed by atoms with Gasteiger partial charge in [0.1, 0.15) is 5.82 Å². The molecule has 2 aromatic rings. The van der Waals surface area contributed by atoms with E-state index < -0.39 is 0 Å². The average molecular weight is 304 g/mol. The van der Waals surface area contributed by atoms with Gasteiger partial charge in [-0.3, -0.25) is 4.79 Å². The molecule has 0 saturated heterocycles. The first-order valence-electron chi connectivity index (χ1n) is 6.60.